The van der Waals surface area contributed by atoms with Crippen LogP contribution < -0.4 is 5.32 Å². The van der Waals surface area contributed by atoms with Gasteiger partial charge in [0.15, 0.2) is 0 Å². The maximum atomic E-state index is 3.79. The second-order valence-corrected chi connectivity index (χ2v) is 8.47. The maximum Gasteiger partial charge on any atom is 0.0247 e. The highest BCUT2D eigenvalue weighted by molar-refractivity contribution is 7.99. The fourth-order valence-corrected chi connectivity index (χ4v) is 4.07. The van der Waals surface area contributed by atoms with Crippen LogP contribution in [0.3, 0.4) is 0 Å². The van der Waals surface area contributed by atoms with E-state index in [-0.39, 0.29) is 0 Å². The minimum atomic E-state index is 0.686. The fourth-order valence-electron chi connectivity index (χ4n) is 3.28. The van der Waals surface area contributed by atoms with Crippen LogP contribution in [0.25, 0.3) is 0 Å². The number of hydrogen-bond donors (Lipinski definition) is 1. The predicted molar refractivity (Wildman–Crippen MR) is 93.7 cm³/mol. The highest BCUT2D eigenvalue weighted by Gasteiger charge is 2.32. The molecule has 3 heteroatoms. The third-order valence-electron chi connectivity index (χ3n) is 4.45. The van der Waals surface area contributed by atoms with E-state index >= 15 is 0 Å². The van der Waals surface area contributed by atoms with Gasteiger partial charge in [-0.2, -0.15) is 11.8 Å². The summed E-state index contributed by atoms with van der Waals surface area (Å²) in [7, 11) is 0. The monoisotopic (exact) mass is 300 g/mol. The van der Waals surface area contributed by atoms with E-state index in [1.165, 1.54) is 37.4 Å². The van der Waals surface area contributed by atoms with Crippen LogP contribution in [0.15, 0.2) is 0 Å². The molecule has 1 aliphatic heterocycles. The number of piperazine rings is 1. The molecule has 0 aromatic rings. The molecular formula is C17H36N2S. The summed E-state index contributed by atoms with van der Waals surface area (Å²) in [4.78, 5) is 2.80. The first-order valence-electron chi connectivity index (χ1n) is 8.52. The first-order valence-corrected chi connectivity index (χ1v) is 9.68. The van der Waals surface area contributed by atoms with E-state index in [0.29, 0.717) is 12.1 Å². The van der Waals surface area contributed by atoms with Crippen molar-refractivity contribution >= 4 is 11.8 Å². The molecular weight excluding hydrogens is 264 g/mol. The van der Waals surface area contributed by atoms with Crippen LogP contribution in [0.4, 0.5) is 0 Å². The van der Waals surface area contributed by atoms with Crippen molar-refractivity contribution in [2.24, 2.45) is 11.8 Å². The van der Waals surface area contributed by atoms with E-state index in [1.807, 2.05) is 0 Å². The molecule has 0 aliphatic carbocycles. The number of rotatable bonds is 8. The minimum Gasteiger partial charge on any atom is -0.311 e. The van der Waals surface area contributed by atoms with E-state index in [4.69, 9.17) is 0 Å². The van der Waals surface area contributed by atoms with Gasteiger partial charge in [0.05, 0.1) is 0 Å². The molecule has 1 aliphatic rings. The molecule has 20 heavy (non-hydrogen) atoms. The first kappa shape index (κ1) is 18.3. The Morgan fingerprint density at radius 2 is 1.90 bits per heavy atom. The average molecular weight is 301 g/mol. The second kappa shape index (κ2) is 9.32. The molecule has 3 atom stereocenters. The minimum absolute atomic E-state index is 0.686. The molecule has 0 aromatic carbocycles. The summed E-state index contributed by atoms with van der Waals surface area (Å²) in [5.41, 5.74) is 0. The summed E-state index contributed by atoms with van der Waals surface area (Å²) in [6, 6.07) is 2.12. The van der Waals surface area contributed by atoms with Gasteiger partial charge in [0.1, 0.15) is 0 Å². The summed E-state index contributed by atoms with van der Waals surface area (Å²) in [6.07, 6.45) is 2.63. The van der Waals surface area contributed by atoms with E-state index in [2.05, 4.69) is 63.5 Å². The van der Waals surface area contributed by atoms with Gasteiger partial charge in [-0.05, 0) is 43.1 Å². The lowest BCUT2D eigenvalue weighted by molar-refractivity contribution is 0.0565. The topological polar surface area (TPSA) is 15.3 Å². The van der Waals surface area contributed by atoms with Crippen LogP contribution in [-0.2, 0) is 0 Å². The maximum absolute atomic E-state index is 3.79. The number of thioether (sulfide) groups is 1. The van der Waals surface area contributed by atoms with Crippen molar-refractivity contribution < 1.29 is 0 Å². The highest BCUT2D eigenvalue weighted by atomic mass is 32.2. The number of nitrogens with one attached hydrogen (secondary N) is 1. The Morgan fingerprint density at radius 1 is 1.20 bits per heavy atom. The Kier molecular flexibility index (Phi) is 8.54. The zero-order chi connectivity index (χ0) is 15.1. The summed E-state index contributed by atoms with van der Waals surface area (Å²) in [6.45, 7) is 16.5. The summed E-state index contributed by atoms with van der Waals surface area (Å²) < 4.78 is 0. The van der Waals surface area contributed by atoms with Gasteiger partial charge in [-0.15, -0.1) is 0 Å². The van der Waals surface area contributed by atoms with Gasteiger partial charge in [-0.1, -0.05) is 34.6 Å². The average Bonchev–Trinajstić information content (AvgIpc) is 2.37. The molecule has 2 nitrogen and oxygen atoms in total. The molecule has 0 aromatic heterocycles. The normalized spacial score (nSPS) is 26.4. The van der Waals surface area contributed by atoms with Gasteiger partial charge in [0, 0.05) is 31.2 Å². The Hall–Kier alpha value is 0.270. The van der Waals surface area contributed by atoms with Gasteiger partial charge >= 0.3 is 0 Å². The largest absolute Gasteiger partial charge is 0.311 e. The lowest BCUT2D eigenvalue weighted by Gasteiger charge is -2.46. The molecule has 0 radical (unpaired) electrons. The third-order valence-corrected chi connectivity index (χ3v) is 5.38. The molecule has 1 N–H and O–H groups in total. The van der Waals surface area contributed by atoms with Gasteiger partial charge < -0.3 is 5.32 Å². The van der Waals surface area contributed by atoms with Crippen molar-refractivity contribution in [2.45, 2.75) is 72.5 Å². The summed E-state index contributed by atoms with van der Waals surface area (Å²) >= 11 is 2.08. The number of hydrogen-bond acceptors (Lipinski definition) is 3. The van der Waals surface area contributed by atoms with Gasteiger partial charge in [0.2, 0.25) is 0 Å². The standard InChI is InChI=1S/C17H36N2S/c1-7-20-9-8-15(6)19-12-16(10-13(2)3)18-11-17(19)14(4)5/h13-18H,7-12H2,1-6H3. The first-order chi connectivity index (χ1) is 9.45. The Labute approximate surface area is 131 Å². The molecule has 3 unspecified atom stereocenters. The molecule has 0 saturated carbocycles. The van der Waals surface area contributed by atoms with Gasteiger partial charge in [0.25, 0.3) is 0 Å². The molecule has 0 spiro atoms. The Bertz CT molecular complexity index is 255. The SMILES string of the molecule is CCSCCC(C)N1CC(CC(C)C)NCC1C(C)C. The van der Waals surface area contributed by atoms with Crippen LogP contribution in [0, 0.1) is 11.8 Å². The fraction of sp³-hybridized carbons (Fsp3) is 1.00. The Balaban J connectivity index is 2.58. The number of nitrogens with zero attached hydrogens (tertiary/aromatic N) is 1. The van der Waals surface area contributed by atoms with E-state index < -0.39 is 0 Å². The van der Waals surface area contributed by atoms with Crippen molar-refractivity contribution in [3.63, 3.8) is 0 Å². The van der Waals surface area contributed by atoms with Crippen molar-refractivity contribution in [3.8, 4) is 0 Å². The smallest absolute Gasteiger partial charge is 0.0247 e. The lowest BCUT2D eigenvalue weighted by atomic mass is 9.93. The third kappa shape index (κ3) is 5.95. The summed E-state index contributed by atoms with van der Waals surface area (Å²) in [5.74, 6) is 4.08. The van der Waals surface area contributed by atoms with E-state index in [1.54, 1.807) is 0 Å². The van der Waals surface area contributed by atoms with Crippen LogP contribution >= 0.6 is 11.8 Å². The molecule has 1 saturated heterocycles. The van der Waals surface area contributed by atoms with Crippen molar-refractivity contribution in [1.29, 1.82) is 0 Å². The molecule has 0 bridgehead atoms. The van der Waals surface area contributed by atoms with Gasteiger partial charge in [-0.3, -0.25) is 4.90 Å². The van der Waals surface area contributed by atoms with Crippen molar-refractivity contribution in [1.82, 2.24) is 10.2 Å². The Morgan fingerprint density at radius 3 is 2.45 bits per heavy atom. The predicted octanol–water partition coefficient (Wildman–Crippen LogP) is 3.86. The van der Waals surface area contributed by atoms with Crippen LogP contribution in [-0.4, -0.2) is 47.6 Å². The zero-order valence-electron chi connectivity index (χ0n) is 14.5. The summed E-state index contributed by atoms with van der Waals surface area (Å²) in [5, 5.41) is 3.79. The molecule has 0 amide bonds. The van der Waals surface area contributed by atoms with Gasteiger partial charge in [-0.25, -0.2) is 0 Å². The zero-order valence-corrected chi connectivity index (χ0v) is 15.3. The highest BCUT2D eigenvalue weighted by Crippen LogP contribution is 2.22. The van der Waals surface area contributed by atoms with Crippen molar-refractivity contribution in [3.05, 3.63) is 0 Å². The lowest BCUT2D eigenvalue weighted by Crippen LogP contribution is -2.60. The quantitative estimate of drug-likeness (QED) is 0.685. The molecule has 1 fully saturated rings. The van der Waals surface area contributed by atoms with Crippen LogP contribution in [0.1, 0.15) is 54.4 Å². The van der Waals surface area contributed by atoms with Crippen LogP contribution in [0.5, 0.6) is 0 Å². The molecule has 120 valence electrons. The van der Waals surface area contributed by atoms with E-state index in [9.17, 15) is 0 Å². The second-order valence-electron chi connectivity index (χ2n) is 7.08. The van der Waals surface area contributed by atoms with Crippen molar-refractivity contribution in [2.75, 3.05) is 24.6 Å². The molecule has 1 rings (SSSR count). The van der Waals surface area contributed by atoms with E-state index in [0.717, 1.165) is 17.9 Å². The van der Waals surface area contributed by atoms with Crippen LogP contribution in [0.2, 0.25) is 0 Å². The molecule has 1 heterocycles.